The third-order valence-corrected chi connectivity index (χ3v) is 20.4. The Morgan fingerprint density at radius 3 is 0.694 bits per heavy atom. The van der Waals surface area contributed by atoms with Crippen LogP contribution in [0.3, 0.4) is 0 Å². The number of esters is 4. The van der Waals surface area contributed by atoms with Crippen molar-refractivity contribution in [2.45, 2.75) is 438 Å². The number of aliphatic hydroxyl groups excluding tert-OH is 1. The molecule has 0 saturated carbocycles. The number of rotatable bonds is 79. The van der Waals surface area contributed by atoms with Crippen molar-refractivity contribution in [3.63, 3.8) is 0 Å². The molecule has 0 rings (SSSR count). The summed E-state index contributed by atoms with van der Waals surface area (Å²) in [5.74, 6) is -1.29. The molecule has 2 unspecified atom stereocenters. The first-order valence-electron chi connectivity index (χ1n) is 41.1. The molecule has 0 aromatic carbocycles. The van der Waals surface area contributed by atoms with E-state index in [0.717, 1.165) is 95.8 Å². The molecule has 0 saturated heterocycles. The lowest BCUT2D eigenvalue weighted by molar-refractivity contribution is -0.161. The van der Waals surface area contributed by atoms with Crippen LogP contribution in [-0.2, 0) is 65.4 Å². The van der Waals surface area contributed by atoms with E-state index in [-0.39, 0.29) is 25.7 Å². The molecule has 0 spiro atoms. The van der Waals surface area contributed by atoms with Gasteiger partial charge in [-0.25, -0.2) is 9.13 Å². The van der Waals surface area contributed by atoms with E-state index in [1.165, 1.54) is 244 Å². The van der Waals surface area contributed by atoms with Gasteiger partial charge in [0.05, 0.1) is 26.4 Å². The quantitative estimate of drug-likeness (QED) is 0.0222. The summed E-state index contributed by atoms with van der Waals surface area (Å²) >= 11 is 0. The van der Waals surface area contributed by atoms with Crippen LogP contribution < -0.4 is 0 Å². The van der Waals surface area contributed by atoms with Crippen LogP contribution in [0.2, 0.25) is 0 Å². The van der Waals surface area contributed by atoms with Gasteiger partial charge < -0.3 is 33.8 Å². The summed E-state index contributed by atoms with van der Waals surface area (Å²) in [7, 11) is -9.91. The highest BCUT2D eigenvalue weighted by atomic mass is 31.2. The van der Waals surface area contributed by atoms with Gasteiger partial charge in [-0.2, -0.15) is 0 Å². The maximum atomic E-state index is 13.1. The first-order chi connectivity index (χ1) is 47.5. The average molecular weight is 1440 g/mol. The lowest BCUT2D eigenvalue weighted by Crippen LogP contribution is -2.30. The number of hydrogen-bond donors (Lipinski definition) is 3. The lowest BCUT2D eigenvalue weighted by atomic mass is 10.0. The molecule has 0 bridgehead atoms. The number of ether oxygens (including phenoxy) is 4. The van der Waals surface area contributed by atoms with E-state index < -0.39 is 97.5 Å². The van der Waals surface area contributed by atoms with E-state index in [0.29, 0.717) is 25.7 Å². The Balaban J connectivity index is 5.20. The molecule has 0 radical (unpaired) electrons. The first-order valence-corrected chi connectivity index (χ1v) is 44.1. The van der Waals surface area contributed by atoms with Crippen molar-refractivity contribution in [1.82, 2.24) is 0 Å². The Kier molecular flexibility index (Phi) is 70.6. The summed E-state index contributed by atoms with van der Waals surface area (Å²) in [6, 6.07) is 0. The third kappa shape index (κ3) is 72.4. The predicted molar refractivity (Wildman–Crippen MR) is 400 cm³/mol. The molecule has 17 nitrogen and oxygen atoms in total. The van der Waals surface area contributed by atoms with Crippen molar-refractivity contribution >= 4 is 39.5 Å². The number of unbranched alkanes of at least 4 members (excludes halogenated alkanes) is 51. The highest BCUT2D eigenvalue weighted by Gasteiger charge is 2.30. The van der Waals surface area contributed by atoms with Gasteiger partial charge in [0.25, 0.3) is 0 Å². The van der Waals surface area contributed by atoms with Crippen LogP contribution in [0, 0.1) is 5.92 Å². The number of carbonyl (C=O) groups excluding carboxylic acids is 4. The molecule has 0 aromatic heterocycles. The van der Waals surface area contributed by atoms with Crippen LogP contribution >= 0.6 is 15.6 Å². The topological polar surface area (TPSA) is 237 Å². The molecule has 0 aromatic rings. The maximum Gasteiger partial charge on any atom is 0.472 e. The highest BCUT2D eigenvalue weighted by molar-refractivity contribution is 7.47. The number of hydrogen-bond acceptors (Lipinski definition) is 15. The average Bonchev–Trinajstić information content (AvgIpc) is 0.996. The molecule has 0 fully saturated rings. The van der Waals surface area contributed by atoms with E-state index in [2.05, 4.69) is 34.6 Å². The molecule has 0 heterocycles. The van der Waals surface area contributed by atoms with Gasteiger partial charge in [0.15, 0.2) is 12.2 Å². The second kappa shape index (κ2) is 72.0. The summed E-state index contributed by atoms with van der Waals surface area (Å²) < 4.78 is 68.6. The second-order valence-electron chi connectivity index (χ2n) is 28.9. The van der Waals surface area contributed by atoms with Crippen LogP contribution in [0.15, 0.2) is 0 Å². The molecule has 5 atom stereocenters. The maximum absolute atomic E-state index is 13.1. The van der Waals surface area contributed by atoms with Crippen molar-refractivity contribution in [3.8, 4) is 0 Å². The minimum atomic E-state index is -4.96. The zero-order valence-electron chi connectivity index (χ0n) is 63.9. The highest BCUT2D eigenvalue weighted by Crippen LogP contribution is 2.45. The number of phosphoric acid groups is 2. The number of carbonyl (C=O) groups is 4. The van der Waals surface area contributed by atoms with Gasteiger partial charge in [0.1, 0.15) is 19.3 Å². The van der Waals surface area contributed by atoms with Crippen molar-refractivity contribution in [3.05, 3.63) is 0 Å². The van der Waals surface area contributed by atoms with E-state index in [4.69, 9.17) is 37.0 Å². The Morgan fingerprint density at radius 1 is 0.276 bits per heavy atom. The van der Waals surface area contributed by atoms with Crippen molar-refractivity contribution in [2.75, 3.05) is 39.6 Å². The number of aliphatic hydroxyl groups is 1. The fourth-order valence-electron chi connectivity index (χ4n) is 12.2. The molecule has 19 heteroatoms. The summed E-state index contributed by atoms with van der Waals surface area (Å²) in [6.45, 7) is 7.34. The standard InChI is InChI=1S/C79H154O17P2/c1-6-9-12-15-18-21-24-25-26-32-35-39-43-48-53-58-63-77(82)90-69-75(96-79(84)65-60-55-50-45-40-36-33-30-28-27-29-31-34-38-41-46-51-56-61-72(4)5)71-94-98(87,88)92-67-73(80)66-91-97(85,86)93-70-74(68-89-76(81)62-57-52-47-42-23-20-17-14-11-8-3)95-78(83)64-59-54-49-44-37-22-19-16-13-10-7-2/h72-75,80H,6-71H2,1-5H3,(H,85,86)(H,87,88)/t73-,74+,75+/m0/s1. The van der Waals surface area contributed by atoms with Crippen molar-refractivity contribution in [1.29, 1.82) is 0 Å². The summed E-state index contributed by atoms with van der Waals surface area (Å²) in [5.41, 5.74) is 0. The summed E-state index contributed by atoms with van der Waals surface area (Å²) in [5, 5.41) is 10.6. The molecule has 98 heavy (non-hydrogen) atoms. The van der Waals surface area contributed by atoms with Gasteiger partial charge in [0.2, 0.25) is 0 Å². The molecule has 0 amide bonds. The normalized spacial score (nSPS) is 13.9. The molecule has 582 valence electrons. The Labute approximate surface area is 600 Å². The fourth-order valence-corrected chi connectivity index (χ4v) is 13.8. The molecular formula is C79H154O17P2. The van der Waals surface area contributed by atoms with Crippen molar-refractivity contribution < 1.29 is 80.2 Å². The molecule has 0 aliphatic rings. The second-order valence-corrected chi connectivity index (χ2v) is 31.8. The van der Waals surface area contributed by atoms with Crippen molar-refractivity contribution in [2.24, 2.45) is 5.92 Å². The fraction of sp³-hybridized carbons (Fsp3) is 0.949. The Morgan fingerprint density at radius 2 is 0.469 bits per heavy atom. The van der Waals surface area contributed by atoms with E-state index in [1.807, 2.05) is 0 Å². The number of phosphoric ester groups is 2. The molecule has 0 aliphatic heterocycles. The molecule has 0 aliphatic carbocycles. The van der Waals surface area contributed by atoms with Gasteiger partial charge in [-0.1, -0.05) is 369 Å². The minimum Gasteiger partial charge on any atom is -0.462 e. The van der Waals surface area contributed by atoms with Gasteiger partial charge in [-0.05, 0) is 31.6 Å². The van der Waals surface area contributed by atoms with Crippen LogP contribution in [0.25, 0.3) is 0 Å². The predicted octanol–water partition coefficient (Wildman–Crippen LogP) is 23.6. The lowest BCUT2D eigenvalue weighted by Gasteiger charge is -2.21. The zero-order valence-corrected chi connectivity index (χ0v) is 65.7. The summed E-state index contributed by atoms with van der Waals surface area (Å²) in [6.07, 6.45) is 62.4. The van der Waals surface area contributed by atoms with Crippen LogP contribution in [0.4, 0.5) is 0 Å². The van der Waals surface area contributed by atoms with Gasteiger partial charge in [0, 0.05) is 25.7 Å². The smallest absolute Gasteiger partial charge is 0.462 e. The van der Waals surface area contributed by atoms with E-state index >= 15 is 0 Å². The first kappa shape index (κ1) is 96.1. The van der Waals surface area contributed by atoms with Crippen LogP contribution in [0.1, 0.15) is 420 Å². The third-order valence-electron chi connectivity index (χ3n) is 18.5. The van der Waals surface area contributed by atoms with Gasteiger partial charge >= 0.3 is 39.5 Å². The van der Waals surface area contributed by atoms with Crippen LogP contribution in [0.5, 0.6) is 0 Å². The van der Waals surface area contributed by atoms with E-state index in [9.17, 15) is 43.2 Å². The SMILES string of the molecule is CCCCCCCCCCCCCCCCCCC(=O)OC[C@H](COP(=O)(O)OC[C@@H](O)COP(=O)(O)OC[C@@H](COC(=O)CCCCCCCCCCCC)OC(=O)CCCCCCCCCCCCC)OC(=O)CCCCCCCCCCCCCCCCCCCCC(C)C. The van der Waals surface area contributed by atoms with Crippen LogP contribution in [-0.4, -0.2) is 96.7 Å². The molecular weight excluding hydrogens is 1280 g/mol. The van der Waals surface area contributed by atoms with Gasteiger partial charge in [-0.15, -0.1) is 0 Å². The minimum absolute atomic E-state index is 0.107. The monoisotopic (exact) mass is 1440 g/mol. The summed E-state index contributed by atoms with van der Waals surface area (Å²) in [4.78, 5) is 72.9. The molecule has 3 N–H and O–H groups in total. The Hall–Kier alpha value is -1.94. The van der Waals surface area contributed by atoms with Gasteiger partial charge in [-0.3, -0.25) is 37.3 Å². The zero-order chi connectivity index (χ0) is 71.9. The largest absolute Gasteiger partial charge is 0.472 e. The van der Waals surface area contributed by atoms with E-state index in [1.54, 1.807) is 0 Å². The Bertz CT molecular complexity index is 1870.